The molecule has 2 aromatic carbocycles. The fourth-order valence-corrected chi connectivity index (χ4v) is 3.07. The Morgan fingerprint density at radius 1 is 1.04 bits per heavy atom. The molecule has 3 nitrogen and oxygen atoms in total. The Labute approximate surface area is 148 Å². The summed E-state index contributed by atoms with van der Waals surface area (Å²) in [6.45, 7) is 8.11. The van der Waals surface area contributed by atoms with Gasteiger partial charge in [0.25, 0.3) is 0 Å². The van der Waals surface area contributed by atoms with Crippen molar-refractivity contribution in [3.63, 3.8) is 0 Å². The molecule has 0 fully saturated rings. The van der Waals surface area contributed by atoms with Crippen LogP contribution in [-0.4, -0.2) is 12.6 Å². The smallest absolute Gasteiger partial charge is 0.342 e. The van der Waals surface area contributed by atoms with Crippen molar-refractivity contribution in [2.24, 2.45) is 0 Å². The van der Waals surface area contributed by atoms with Gasteiger partial charge >= 0.3 is 5.97 Å². The maximum absolute atomic E-state index is 12.8. The second-order valence-electron chi connectivity index (χ2n) is 6.14. The van der Waals surface area contributed by atoms with E-state index in [1.54, 1.807) is 0 Å². The minimum Gasteiger partial charge on any atom is -0.462 e. The van der Waals surface area contributed by atoms with Crippen LogP contribution >= 0.6 is 0 Å². The standard InChI is InChI=1S/C22H22O3/c1-5-24-22(23)20-19(18-13-14(2)11-12-15(18)3)16(4)25-21(20)17-9-7-6-8-10-17/h6-13H,5H2,1-4H3. The molecule has 128 valence electrons. The van der Waals surface area contributed by atoms with E-state index in [2.05, 4.69) is 18.2 Å². The molecule has 25 heavy (non-hydrogen) atoms. The van der Waals surface area contributed by atoms with E-state index in [9.17, 15) is 4.79 Å². The number of ether oxygens (including phenoxy) is 1. The monoisotopic (exact) mass is 334 g/mol. The van der Waals surface area contributed by atoms with Crippen molar-refractivity contribution >= 4 is 5.97 Å². The highest BCUT2D eigenvalue weighted by Gasteiger charge is 2.27. The predicted octanol–water partition coefficient (Wildman–Crippen LogP) is 5.72. The lowest BCUT2D eigenvalue weighted by atomic mass is 9.94. The van der Waals surface area contributed by atoms with Crippen LogP contribution in [0.5, 0.6) is 0 Å². The third-order valence-electron chi connectivity index (χ3n) is 4.26. The van der Waals surface area contributed by atoms with E-state index in [1.807, 2.05) is 58.0 Å². The van der Waals surface area contributed by atoms with Crippen LogP contribution in [0.1, 0.15) is 34.2 Å². The van der Waals surface area contributed by atoms with Gasteiger partial charge in [-0.3, -0.25) is 0 Å². The molecule has 0 saturated carbocycles. The summed E-state index contributed by atoms with van der Waals surface area (Å²) in [5.74, 6) is 0.928. The fourth-order valence-electron chi connectivity index (χ4n) is 3.07. The van der Waals surface area contributed by atoms with Crippen molar-refractivity contribution < 1.29 is 13.9 Å². The zero-order valence-electron chi connectivity index (χ0n) is 15.1. The van der Waals surface area contributed by atoms with E-state index in [0.29, 0.717) is 17.9 Å². The minimum atomic E-state index is -0.353. The molecule has 0 radical (unpaired) electrons. The highest BCUT2D eigenvalue weighted by molar-refractivity contribution is 6.04. The molecule has 0 saturated heterocycles. The van der Waals surface area contributed by atoms with Gasteiger partial charge in [-0.2, -0.15) is 0 Å². The molecule has 3 heteroatoms. The van der Waals surface area contributed by atoms with Crippen molar-refractivity contribution in [2.45, 2.75) is 27.7 Å². The van der Waals surface area contributed by atoms with Crippen LogP contribution in [0.4, 0.5) is 0 Å². The molecule has 1 aromatic heterocycles. The summed E-state index contributed by atoms with van der Waals surface area (Å²) in [5, 5.41) is 0. The summed E-state index contributed by atoms with van der Waals surface area (Å²) >= 11 is 0. The van der Waals surface area contributed by atoms with Crippen LogP contribution in [0.2, 0.25) is 0 Å². The van der Waals surface area contributed by atoms with Crippen LogP contribution in [0, 0.1) is 20.8 Å². The minimum absolute atomic E-state index is 0.323. The van der Waals surface area contributed by atoms with Crippen LogP contribution in [-0.2, 0) is 4.74 Å². The normalized spacial score (nSPS) is 10.7. The number of carbonyl (C=O) groups is 1. The first-order chi connectivity index (χ1) is 12.0. The van der Waals surface area contributed by atoms with E-state index < -0.39 is 0 Å². The predicted molar refractivity (Wildman–Crippen MR) is 99.7 cm³/mol. The Morgan fingerprint density at radius 3 is 2.44 bits per heavy atom. The molecule has 0 aliphatic rings. The molecule has 0 N–H and O–H groups in total. The van der Waals surface area contributed by atoms with Crippen molar-refractivity contribution in [1.82, 2.24) is 0 Å². The number of rotatable bonds is 4. The number of furan rings is 1. The van der Waals surface area contributed by atoms with Crippen molar-refractivity contribution in [2.75, 3.05) is 6.61 Å². The van der Waals surface area contributed by atoms with Crippen LogP contribution in [0.25, 0.3) is 22.5 Å². The average molecular weight is 334 g/mol. The summed E-state index contributed by atoms with van der Waals surface area (Å²) in [5.41, 5.74) is 5.42. The summed E-state index contributed by atoms with van der Waals surface area (Å²) in [6, 6.07) is 15.9. The Morgan fingerprint density at radius 2 is 1.76 bits per heavy atom. The molecule has 0 amide bonds. The number of hydrogen-bond donors (Lipinski definition) is 0. The van der Waals surface area contributed by atoms with Gasteiger partial charge in [0.05, 0.1) is 6.61 Å². The summed E-state index contributed by atoms with van der Waals surface area (Å²) in [7, 11) is 0. The molecule has 0 aliphatic carbocycles. The van der Waals surface area contributed by atoms with Gasteiger partial charge in [0.1, 0.15) is 17.1 Å². The number of aryl methyl sites for hydroxylation is 3. The topological polar surface area (TPSA) is 39.4 Å². The summed E-state index contributed by atoms with van der Waals surface area (Å²) in [6.07, 6.45) is 0. The lowest BCUT2D eigenvalue weighted by molar-refractivity contribution is 0.0527. The Bertz CT molecular complexity index is 905. The zero-order valence-corrected chi connectivity index (χ0v) is 15.1. The van der Waals surface area contributed by atoms with Gasteiger partial charge in [-0.15, -0.1) is 0 Å². The maximum Gasteiger partial charge on any atom is 0.342 e. The lowest BCUT2D eigenvalue weighted by Crippen LogP contribution is -2.07. The van der Waals surface area contributed by atoms with Crippen molar-refractivity contribution in [3.8, 4) is 22.5 Å². The molecule has 0 unspecified atom stereocenters. The zero-order chi connectivity index (χ0) is 18.0. The largest absolute Gasteiger partial charge is 0.462 e. The molecular weight excluding hydrogens is 312 g/mol. The summed E-state index contributed by atoms with van der Waals surface area (Å²) < 4.78 is 11.4. The van der Waals surface area contributed by atoms with Crippen LogP contribution in [0.3, 0.4) is 0 Å². The molecule has 0 spiro atoms. The molecule has 3 rings (SSSR count). The van der Waals surface area contributed by atoms with E-state index in [0.717, 1.165) is 33.6 Å². The first-order valence-corrected chi connectivity index (χ1v) is 8.46. The molecule has 0 bridgehead atoms. The Balaban J connectivity index is 2.30. The van der Waals surface area contributed by atoms with Gasteiger partial charge < -0.3 is 9.15 Å². The third-order valence-corrected chi connectivity index (χ3v) is 4.26. The molecule has 0 atom stereocenters. The lowest BCUT2D eigenvalue weighted by Gasteiger charge is -2.10. The van der Waals surface area contributed by atoms with Gasteiger partial charge in [0, 0.05) is 11.1 Å². The number of benzene rings is 2. The SMILES string of the molecule is CCOC(=O)c1c(-c2ccccc2)oc(C)c1-c1cc(C)ccc1C. The molecule has 1 heterocycles. The highest BCUT2D eigenvalue weighted by Crippen LogP contribution is 2.39. The number of hydrogen-bond acceptors (Lipinski definition) is 3. The first-order valence-electron chi connectivity index (χ1n) is 8.46. The Kier molecular flexibility index (Phi) is 4.75. The van der Waals surface area contributed by atoms with E-state index in [-0.39, 0.29) is 5.97 Å². The van der Waals surface area contributed by atoms with E-state index in [1.165, 1.54) is 0 Å². The second kappa shape index (κ2) is 6.98. The van der Waals surface area contributed by atoms with Crippen LogP contribution in [0.15, 0.2) is 52.9 Å². The number of carbonyl (C=O) groups excluding carboxylic acids is 1. The van der Waals surface area contributed by atoms with E-state index in [4.69, 9.17) is 9.15 Å². The highest BCUT2D eigenvalue weighted by atomic mass is 16.5. The molecule has 3 aromatic rings. The van der Waals surface area contributed by atoms with Crippen molar-refractivity contribution in [1.29, 1.82) is 0 Å². The van der Waals surface area contributed by atoms with Gasteiger partial charge in [-0.25, -0.2) is 4.79 Å². The maximum atomic E-state index is 12.8. The Hall–Kier alpha value is -2.81. The number of esters is 1. The second-order valence-corrected chi connectivity index (χ2v) is 6.14. The average Bonchev–Trinajstić information content (AvgIpc) is 2.95. The van der Waals surface area contributed by atoms with Gasteiger partial charge in [0.2, 0.25) is 0 Å². The van der Waals surface area contributed by atoms with Crippen LogP contribution < -0.4 is 0 Å². The van der Waals surface area contributed by atoms with Crippen molar-refractivity contribution in [3.05, 3.63) is 71.0 Å². The first kappa shape index (κ1) is 17.0. The van der Waals surface area contributed by atoms with Gasteiger partial charge in [-0.1, -0.05) is 54.1 Å². The quantitative estimate of drug-likeness (QED) is 0.573. The molecular formula is C22H22O3. The van der Waals surface area contributed by atoms with Gasteiger partial charge in [-0.05, 0) is 38.8 Å². The summed E-state index contributed by atoms with van der Waals surface area (Å²) in [4.78, 5) is 12.8. The van der Waals surface area contributed by atoms with E-state index >= 15 is 0 Å². The molecule has 0 aliphatic heterocycles. The fraction of sp³-hybridized carbons (Fsp3) is 0.227. The van der Waals surface area contributed by atoms with Gasteiger partial charge in [0.15, 0.2) is 0 Å². The third kappa shape index (κ3) is 3.22.